The van der Waals surface area contributed by atoms with Crippen molar-refractivity contribution in [3.8, 4) is 0 Å². The molecule has 0 aromatic carbocycles. The van der Waals surface area contributed by atoms with Crippen molar-refractivity contribution in [2.45, 2.75) is 115 Å². The van der Waals surface area contributed by atoms with Crippen molar-refractivity contribution in [1.29, 1.82) is 0 Å². The molecule has 2 aliphatic heterocycles. The molecule has 51 heavy (non-hydrogen) atoms. The zero-order chi connectivity index (χ0) is 39.0. The predicted octanol–water partition coefficient (Wildman–Crippen LogP) is -0.528. The van der Waals surface area contributed by atoms with Gasteiger partial charge in [0.05, 0.1) is 0 Å². The summed E-state index contributed by atoms with van der Waals surface area (Å²) >= 11 is 0. The van der Waals surface area contributed by atoms with Crippen LogP contribution in [0, 0.1) is 0 Å². The molecule has 0 spiro atoms. The van der Waals surface area contributed by atoms with Gasteiger partial charge in [-0.3, -0.25) is 37.7 Å². The summed E-state index contributed by atoms with van der Waals surface area (Å²) in [6.07, 6.45) is -21.1. The fourth-order valence-electron chi connectivity index (χ4n) is 4.72. The summed E-state index contributed by atoms with van der Waals surface area (Å²) in [5.74, 6) is -7.59. The Bertz CT molecular complexity index is 1430. The maximum Gasteiger partial charge on any atom is 0.523 e. The SMILES string of the molecule is CC(=O)OC[C@H]1O[C@@H](O[C@H]2[C@H](OC(C)=O)[C@@H](OC(C)=O)C(OC(C)=O)O[C@@H]2COC(C)=O)[C@@H](OS(=O)(=O)C(F)(F)F)[C@@H](OC(C)=O)[C@@H]1OC(C)=O. The number of ether oxygens (including phenoxy) is 10. The topological polar surface area (TPSA) is 255 Å². The Hall–Kier alpha value is -4.13. The van der Waals surface area contributed by atoms with Crippen molar-refractivity contribution >= 4 is 51.9 Å². The van der Waals surface area contributed by atoms with Crippen molar-refractivity contribution in [1.82, 2.24) is 0 Å². The van der Waals surface area contributed by atoms with Crippen LogP contribution in [0.25, 0.3) is 0 Å². The molecule has 2 fully saturated rings. The van der Waals surface area contributed by atoms with E-state index in [0.717, 1.165) is 48.5 Å². The Morgan fingerprint density at radius 1 is 0.510 bits per heavy atom. The number of carbonyl (C=O) groups excluding carboxylic acids is 7. The normalized spacial score (nSPS) is 29.5. The van der Waals surface area contributed by atoms with Crippen LogP contribution < -0.4 is 0 Å². The number of esters is 7. The van der Waals surface area contributed by atoms with Crippen LogP contribution in [0.5, 0.6) is 0 Å². The lowest BCUT2D eigenvalue weighted by Gasteiger charge is -2.48. The summed E-state index contributed by atoms with van der Waals surface area (Å²) in [6.45, 7) is 4.33. The molecule has 0 N–H and O–H groups in total. The van der Waals surface area contributed by atoms with E-state index in [1.165, 1.54) is 0 Å². The minimum Gasteiger partial charge on any atom is -0.463 e. The molecule has 24 heteroatoms. The average Bonchev–Trinajstić information content (AvgIpc) is 2.95. The Kier molecular flexibility index (Phi) is 15.1. The lowest BCUT2D eigenvalue weighted by molar-refractivity contribution is -0.354. The van der Waals surface area contributed by atoms with E-state index in [9.17, 15) is 55.2 Å². The van der Waals surface area contributed by atoms with E-state index in [1.54, 1.807) is 0 Å². The van der Waals surface area contributed by atoms with E-state index in [-0.39, 0.29) is 0 Å². The number of carbonyl (C=O) groups is 7. The van der Waals surface area contributed by atoms with Crippen LogP contribution in [-0.4, -0.2) is 130 Å². The van der Waals surface area contributed by atoms with Gasteiger partial charge in [-0.05, 0) is 0 Å². The molecule has 0 radical (unpaired) electrons. The lowest BCUT2D eigenvalue weighted by atomic mass is 9.96. The molecule has 2 rings (SSSR count). The molecule has 2 saturated heterocycles. The second-order valence-corrected chi connectivity index (χ2v) is 12.2. The zero-order valence-corrected chi connectivity index (χ0v) is 28.7. The van der Waals surface area contributed by atoms with Crippen LogP contribution in [0.1, 0.15) is 48.5 Å². The Labute approximate surface area is 287 Å². The molecule has 0 saturated carbocycles. The third kappa shape index (κ3) is 12.6. The molecule has 10 atom stereocenters. The van der Waals surface area contributed by atoms with Crippen LogP contribution in [0.15, 0.2) is 0 Å². The fourth-order valence-corrected chi connectivity index (χ4v) is 5.32. The third-order valence-electron chi connectivity index (χ3n) is 6.39. The van der Waals surface area contributed by atoms with Gasteiger partial charge >= 0.3 is 57.4 Å². The summed E-state index contributed by atoms with van der Waals surface area (Å²) in [7, 11) is -6.64. The third-order valence-corrected chi connectivity index (χ3v) is 7.43. The van der Waals surface area contributed by atoms with Gasteiger partial charge in [0, 0.05) is 48.5 Å². The molecule has 0 amide bonds. The number of rotatable bonds is 13. The second kappa shape index (κ2) is 17.9. The van der Waals surface area contributed by atoms with Crippen molar-refractivity contribution in [3.63, 3.8) is 0 Å². The summed E-state index contributed by atoms with van der Waals surface area (Å²) < 4.78 is 123. The van der Waals surface area contributed by atoms with Gasteiger partial charge in [0.2, 0.25) is 12.4 Å². The summed E-state index contributed by atoms with van der Waals surface area (Å²) in [5.41, 5.74) is -6.12. The van der Waals surface area contributed by atoms with Crippen LogP contribution >= 0.6 is 0 Å². The highest BCUT2D eigenvalue weighted by Gasteiger charge is 2.60. The van der Waals surface area contributed by atoms with Crippen LogP contribution in [0.3, 0.4) is 0 Å². The maximum absolute atomic E-state index is 13.7. The highest BCUT2D eigenvalue weighted by atomic mass is 32.2. The van der Waals surface area contributed by atoms with Gasteiger partial charge in [0.25, 0.3) is 0 Å². The monoisotopic (exact) mass is 768 g/mol. The van der Waals surface area contributed by atoms with E-state index in [4.69, 9.17) is 47.4 Å². The molecule has 0 aromatic heterocycles. The van der Waals surface area contributed by atoms with Crippen molar-refractivity contribution in [3.05, 3.63) is 0 Å². The van der Waals surface area contributed by atoms with Crippen molar-refractivity contribution < 1.29 is 107 Å². The Morgan fingerprint density at radius 3 is 1.29 bits per heavy atom. The highest BCUT2D eigenvalue weighted by Crippen LogP contribution is 2.37. The summed E-state index contributed by atoms with van der Waals surface area (Å²) in [4.78, 5) is 84.0. The van der Waals surface area contributed by atoms with E-state index >= 15 is 0 Å². The minimum atomic E-state index is -6.64. The number of halogens is 3. The number of hydrogen-bond acceptors (Lipinski definition) is 20. The first-order valence-corrected chi connectivity index (χ1v) is 15.9. The molecule has 0 bridgehead atoms. The van der Waals surface area contributed by atoms with Crippen molar-refractivity contribution in [2.24, 2.45) is 0 Å². The second-order valence-electron chi connectivity index (χ2n) is 10.7. The molecule has 20 nitrogen and oxygen atoms in total. The van der Waals surface area contributed by atoms with Gasteiger partial charge in [0.15, 0.2) is 30.7 Å². The quantitative estimate of drug-likeness (QED) is 0.0988. The highest BCUT2D eigenvalue weighted by molar-refractivity contribution is 7.87. The van der Waals surface area contributed by atoms with Crippen LogP contribution in [-0.2, 0) is 95.2 Å². The van der Waals surface area contributed by atoms with Crippen LogP contribution in [0.4, 0.5) is 13.2 Å². The van der Waals surface area contributed by atoms with Gasteiger partial charge < -0.3 is 47.4 Å². The zero-order valence-electron chi connectivity index (χ0n) is 27.9. The van der Waals surface area contributed by atoms with Gasteiger partial charge in [-0.2, -0.15) is 21.6 Å². The first-order valence-electron chi connectivity index (χ1n) is 14.5. The molecule has 0 aliphatic carbocycles. The van der Waals surface area contributed by atoms with E-state index in [2.05, 4.69) is 4.18 Å². The Morgan fingerprint density at radius 2 is 0.882 bits per heavy atom. The predicted molar refractivity (Wildman–Crippen MR) is 149 cm³/mol. The molecular formula is C27H35F3O20S. The minimum absolute atomic E-state index is 0.742. The van der Waals surface area contributed by atoms with E-state index in [1.807, 2.05) is 0 Å². The summed E-state index contributed by atoms with van der Waals surface area (Å²) in [5, 5.41) is 0. The maximum atomic E-state index is 13.7. The molecular weight excluding hydrogens is 733 g/mol. The molecule has 2 aliphatic rings. The first-order chi connectivity index (χ1) is 23.4. The van der Waals surface area contributed by atoms with Gasteiger partial charge in [-0.25, -0.2) is 0 Å². The smallest absolute Gasteiger partial charge is 0.463 e. The number of hydrogen-bond donors (Lipinski definition) is 0. The van der Waals surface area contributed by atoms with Crippen LogP contribution in [0.2, 0.25) is 0 Å². The van der Waals surface area contributed by atoms with Gasteiger partial charge in [-0.15, -0.1) is 0 Å². The standard InChI is InChI=1S/C27H35F3O20S/c1-10(31)40-8-17-19(42-12(3)33)22(44-14(5)35)24(50-51(38,39)27(28,29)30)26(48-17)49-20-18(9-41-11(2)32)47-25(46-16(7)37)23(45-15(6)36)21(20)43-13(4)34/h17-26H,8-9H2,1-7H3/t17-,18-,19-,20-,21+,22+,23-,24+,25?,26+/m1/s1. The van der Waals surface area contributed by atoms with E-state index < -0.39 is 132 Å². The van der Waals surface area contributed by atoms with Crippen molar-refractivity contribution in [2.75, 3.05) is 13.2 Å². The first kappa shape index (κ1) is 43.0. The molecule has 1 unspecified atom stereocenters. The molecule has 2 heterocycles. The number of alkyl halides is 3. The average molecular weight is 769 g/mol. The Balaban J connectivity index is 2.87. The van der Waals surface area contributed by atoms with Gasteiger partial charge in [0.1, 0.15) is 31.5 Å². The van der Waals surface area contributed by atoms with Gasteiger partial charge in [-0.1, -0.05) is 0 Å². The largest absolute Gasteiger partial charge is 0.523 e. The summed E-state index contributed by atoms with van der Waals surface area (Å²) in [6, 6.07) is 0. The molecule has 0 aromatic rings. The lowest BCUT2D eigenvalue weighted by Crippen LogP contribution is -2.67. The molecule has 290 valence electrons. The van der Waals surface area contributed by atoms with E-state index in [0.29, 0.717) is 0 Å². The fraction of sp³-hybridized carbons (Fsp3) is 0.741.